The highest BCUT2D eigenvalue weighted by Gasteiger charge is 2.09. The molecular weight excluding hydrogens is 360 g/mol. The molecule has 0 amide bonds. The first-order valence-corrected chi connectivity index (χ1v) is 10.3. The minimum atomic E-state index is 0.534. The first kappa shape index (κ1) is 21.6. The van der Waals surface area contributed by atoms with Crippen molar-refractivity contribution in [2.45, 2.75) is 32.6 Å². The zero-order chi connectivity index (χ0) is 19.2. The molecule has 150 valence electrons. The Labute approximate surface area is 168 Å². The third kappa shape index (κ3) is 9.70. The molecule has 1 aliphatic rings. The summed E-state index contributed by atoms with van der Waals surface area (Å²) < 4.78 is 11.1. The van der Waals surface area contributed by atoms with Crippen molar-refractivity contribution in [2.75, 3.05) is 46.0 Å². The molecule has 6 nitrogen and oxygen atoms in total. The number of nitrogens with zero attached hydrogens (tertiary/aromatic N) is 2. The smallest absolute Gasteiger partial charge is 0.187 e. The highest BCUT2D eigenvalue weighted by Crippen LogP contribution is 2.12. The molecule has 0 bridgehead atoms. The zero-order valence-corrected chi connectivity index (χ0v) is 17.1. The fraction of sp³-hybridized carbons (Fsp3) is 0.600. The topological polar surface area (TPSA) is 58.1 Å². The molecule has 1 fully saturated rings. The van der Waals surface area contributed by atoms with Crippen LogP contribution in [0.15, 0.2) is 29.4 Å². The van der Waals surface area contributed by atoms with E-state index in [-0.39, 0.29) is 0 Å². The van der Waals surface area contributed by atoms with Gasteiger partial charge in [-0.2, -0.15) is 5.10 Å². The lowest BCUT2D eigenvalue weighted by atomic mass is 10.2. The van der Waals surface area contributed by atoms with Crippen molar-refractivity contribution in [3.05, 3.63) is 29.8 Å². The predicted octanol–water partition coefficient (Wildman–Crippen LogP) is 2.78. The van der Waals surface area contributed by atoms with E-state index in [4.69, 9.17) is 21.7 Å². The monoisotopic (exact) mass is 392 g/mol. The normalized spacial score (nSPS) is 15.0. The molecule has 1 saturated heterocycles. The first-order chi connectivity index (χ1) is 13.3. The van der Waals surface area contributed by atoms with Gasteiger partial charge in [0, 0.05) is 26.2 Å². The van der Waals surface area contributed by atoms with Gasteiger partial charge < -0.3 is 14.8 Å². The lowest BCUT2D eigenvalue weighted by molar-refractivity contribution is 0.0389. The van der Waals surface area contributed by atoms with Gasteiger partial charge >= 0.3 is 0 Å². The van der Waals surface area contributed by atoms with E-state index >= 15 is 0 Å². The van der Waals surface area contributed by atoms with E-state index < -0.39 is 0 Å². The van der Waals surface area contributed by atoms with Gasteiger partial charge in [0.1, 0.15) is 5.75 Å². The number of rotatable bonds is 11. The molecule has 0 spiro atoms. The van der Waals surface area contributed by atoms with Crippen molar-refractivity contribution >= 4 is 23.5 Å². The molecule has 7 heteroatoms. The molecule has 0 radical (unpaired) electrons. The highest BCUT2D eigenvalue weighted by molar-refractivity contribution is 7.80. The van der Waals surface area contributed by atoms with E-state index in [1.165, 1.54) is 19.3 Å². The second kappa shape index (κ2) is 13.5. The number of hydrogen-bond acceptors (Lipinski definition) is 5. The molecule has 1 aromatic carbocycles. The van der Waals surface area contributed by atoms with E-state index in [0.717, 1.165) is 63.7 Å². The summed E-state index contributed by atoms with van der Waals surface area (Å²) in [4.78, 5) is 2.36. The molecule has 1 aromatic rings. The van der Waals surface area contributed by atoms with Crippen molar-refractivity contribution in [3.63, 3.8) is 0 Å². The van der Waals surface area contributed by atoms with Gasteiger partial charge in [-0.05, 0) is 48.5 Å². The van der Waals surface area contributed by atoms with Crippen LogP contribution in [0.2, 0.25) is 0 Å². The van der Waals surface area contributed by atoms with Gasteiger partial charge in [0.25, 0.3) is 0 Å². The van der Waals surface area contributed by atoms with E-state index in [1.54, 1.807) is 6.21 Å². The summed E-state index contributed by atoms with van der Waals surface area (Å²) in [5.74, 6) is 0.900. The van der Waals surface area contributed by atoms with Gasteiger partial charge in [0.05, 0.1) is 26.0 Å². The second-order valence-electron chi connectivity index (χ2n) is 6.56. The van der Waals surface area contributed by atoms with Crippen molar-refractivity contribution < 1.29 is 9.47 Å². The predicted molar refractivity (Wildman–Crippen MR) is 115 cm³/mol. The molecule has 1 aliphatic heterocycles. The molecule has 0 atom stereocenters. The Morgan fingerprint density at radius 3 is 2.74 bits per heavy atom. The summed E-state index contributed by atoms with van der Waals surface area (Å²) in [6, 6.07) is 7.92. The summed E-state index contributed by atoms with van der Waals surface area (Å²) in [5, 5.41) is 7.88. The van der Waals surface area contributed by atoms with Gasteiger partial charge in [0.2, 0.25) is 0 Å². The number of hydrazone groups is 1. The Hall–Kier alpha value is -1.70. The van der Waals surface area contributed by atoms with Gasteiger partial charge in [-0.15, -0.1) is 0 Å². The molecule has 0 aliphatic carbocycles. The van der Waals surface area contributed by atoms with Crippen molar-refractivity contribution in [1.29, 1.82) is 0 Å². The zero-order valence-electron chi connectivity index (χ0n) is 16.3. The number of hydrogen-bond donors (Lipinski definition) is 2. The Bertz CT molecular complexity index is 560. The summed E-state index contributed by atoms with van der Waals surface area (Å²) >= 11 is 5.24. The Balaban J connectivity index is 1.58. The standard InChI is InChI=1S/C20H32N4O2S/c1-2-3-4-5-14-26-19-8-6-18(7-9-19)17-22-23-20(27)21-10-11-24-12-15-25-16-13-24/h6-9,17H,2-5,10-16H2,1H3,(H2,21,23,27). The Morgan fingerprint density at radius 1 is 1.22 bits per heavy atom. The lowest BCUT2D eigenvalue weighted by Gasteiger charge is -2.26. The highest BCUT2D eigenvalue weighted by atomic mass is 32.1. The molecule has 0 aromatic heterocycles. The van der Waals surface area contributed by atoms with Crippen molar-refractivity contribution in [1.82, 2.24) is 15.6 Å². The number of thiocarbonyl (C=S) groups is 1. The van der Waals surface area contributed by atoms with E-state index in [1.807, 2.05) is 24.3 Å². The third-order valence-corrected chi connectivity index (χ3v) is 4.58. The maximum absolute atomic E-state index is 5.74. The van der Waals surface area contributed by atoms with Crippen LogP contribution in [0.1, 0.15) is 38.2 Å². The first-order valence-electron chi connectivity index (χ1n) is 9.88. The third-order valence-electron chi connectivity index (χ3n) is 4.34. The molecule has 2 rings (SSSR count). The Kier molecular flexibility index (Phi) is 10.8. The summed E-state index contributed by atoms with van der Waals surface area (Å²) in [6.45, 7) is 8.34. The average molecular weight is 393 g/mol. The molecule has 0 unspecified atom stereocenters. The van der Waals surface area contributed by atoms with Crippen molar-refractivity contribution in [3.8, 4) is 5.75 Å². The van der Waals surface area contributed by atoms with Crippen LogP contribution >= 0.6 is 12.2 Å². The van der Waals surface area contributed by atoms with Crippen LogP contribution in [0.25, 0.3) is 0 Å². The van der Waals surface area contributed by atoms with E-state index in [2.05, 4.69) is 27.7 Å². The Morgan fingerprint density at radius 2 is 2.00 bits per heavy atom. The molecule has 1 heterocycles. The van der Waals surface area contributed by atoms with Crippen LogP contribution in [0, 0.1) is 0 Å². The van der Waals surface area contributed by atoms with Crippen LogP contribution in [0.5, 0.6) is 5.75 Å². The number of morpholine rings is 1. The maximum Gasteiger partial charge on any atom is 0.187 e. The van der Waals surface area contributed by atoms with Crippen LogP contribution < -0.4 is 15.5 Å². The number of ether oxygens (including phenoxy) is 2. The molecule has 2 N–H and O–H groups in total. The van der Waals surface area contributed by atoms with Crippen LogP contribution in [0.3, 0.4) is 0 Å². The summed E-state index contributed by atoms with van der Waals surface area (Å²) in [6.07, 6.45) is 6.61. The molecular formula is C20H32N4O2S. The SMILES string of the molecule is CCCCCCOc1ccc(C=NNC(=S)NCCN2CCOCC2)cc1. The van der Waals surface area contributed by atoms with Crippen LogP contribution in [-0.2, 0) is 4.74 Å². The van der Waals surface area contributed by atoms with Gasteiger partial charge in [-0.1, -0.05) is 26.2 Å². The van der Waals surface area contributed by atoms with Crippen molar-refractivity contribution in [2.24, 2.45) is 5.10 Å². The quantitative estimate of drug-likeness (QED) is 0.261. The van der Waals surface area contributed by atoms with Gasteiger partial charge in [-0.25, -0.2) is 0 Å². The van der Waals surface area contributed by atoms with Crippen LogP contribution in [0.4, 0.5) is 0 Å². The number of nitrogens with one attached hydrogen (secondary N) is 2. The minimum absolute atomic E-state index is 0.534. The largest absolute Gasteiger partial charge is 0.494 e. The fourth-order valence-corrected chi connectivity index (χ4v) is 2.88. The van der Waals surface area contributed by atoms with Crippen LogP contribution in [-0.4, -0.2) is 62.2 Å². The molecule has 0 saturated carbocycles. The summed E-state index contributed by atoms with van der Waals surface area (Å²) in [7, 11) is 0. The number of unbranched alkanes of at least 4 members (excludes halogenated alkanes) is 3. The lowest BCUT2D eigenvalue weighted by Crippen LogP contribution is -2.42. The maximum atomic E-state index is 5.74. The molecule has 27 heavy (non-hydrogen) atoms. The number of benzene rings is 1. The van der Waals surface area contributed by atoms with E-state index in [9.17, 15) is 0 Å². The van der Waals surface area contributed by atoms with Gasteiger partial charge in [0.15, 0.2) is 5.11 Å². The van der Waals surface area contributed by atoms with E-state index in [0.29, 0.717) is 5.11 Å². The average Bonchev–Trinajstić information content (AvgIpc) is 2.70. The second-order valence-corrected chi connectivity index (χ2v) is 6.97. The summed E-state index contributed by atoms with van der Waals surface area (Å²) in [5.41, 5.74) is 3.85. The minimum Gasteiger partial charge on any atom is -0.494 e. The fourth-order valence-electron chi connectivity index (χ4n) is 2.73. The van der Waals surface area contributed by atoms with Gasteiger partial charge in [-0.3, -0.25) is 10.3 Å².